The number of ether oxygens (including phenoxy) is 1. The van der Waals surface area contributed by atoms with Crippen molar-refractivity contribution in [2.45, 2.75) is 52.4 Å². The van der Waals surface area contributed by atoms with Crippen LogP contribution < -0.4 is 5.32 Å². The van der Waals surface area contributed by atoms with Gasteiger partial charge in [-0.15, -0.1) is 0 Å². The van der Waals surface area contributed by atoms with Crippen molar-refractivity contribution in [1.29, 1.82) is 0 Å². The molecule has 1 aromatic carbocycles. The highest BCUT2D eigenvalue weighted by atomic mass is 35.5. The normalized spacial score (nSPS) is 15.4. The third-order valence-electron chi connectivity index (χ3n) is 6.00. The van der Waals surface area contributed by atoms with Crippen LogP contribution in [0.3, 0.4) is 0 Å². The van der Waals surface area contributed by atoms with Crippen molar-refractivity contribution in [2.24, 2.45) is 0 Å². The molecule has 1 fully saturated rings. The molecule has 3 aromatic rings. The number of morpholine rings is 1. The highest BCUT2D eigenvalue weighted by Crippen LogP contribution is 2.30. The molecule has 1 atom stereocenters. The average Bonchev–Trinajstić information content (AvgIpc) is 3.48. The Balaban J connectivity index is 1.70. The van der Waals surface area contributed by atoms with Crippen LogP contribution in [0.15, 0.2) is 57.4 Å². The van der Waals surface area contributed by atoms with E-state index >= 15 is 0 Å². The molecule has 0 unspecified atom stereocenters. The van der Waals surface area contributed by atoms with Gasteiger partial charge in [-0.3, -0.25) is 14.5 Å². The molecule has 0 saturated carbocycles. The van der Waals surface area contributed by atoms with Gasteiger partial charge in [0.15, 0.2) is 11.8 Å². The van der Waals surface area contributed by atoms with Gasteiger partial charge in [0.05, 0.1) is 19.8 Å². The lowest BCUT2D eigenvalue weighted by atomic mass is 10.1. The lowest BCUT2D eigenvalue weighted by molar-refractivity contribution is -0.128. The van der Waals surface area contributed by atoms with Gasteiger partial charge in [-0.2, -0.15) is 0 Å². The van der Waals surface area contributed by atoms with E-state index in [1.165, 1.54) is 4.90 Å². The van der Waals surface area contributed by atoms with Crippen molar-refractivity contribution in [3.63, 3.8) is 0 Å². The van der Waals surface area contributed by atoms with Gasteiger partial charge >= 0.3 is 0 Å². The zero-order valence-electron chi connectivity index (χ0n) is 21.8. The zero-order valence-corrected chi connectivity index (χ0v) is 22.5. The second kappa shape index (κ2) is 11.5. The molecule has 0 spiro atoms. The first-order valence-corrected chi connectivity index (χ1v) is 12.8. The quantitative estimate of drug-likeness (QED) is 0.445. The highest BCUT2D eigenvalue weighted by molar-refractivity contribution is 6.31. The summed E-state index contributed by atoms with van der Waals surface area (Å²) in [6.45, 7) is 11.1. The topological polar surface area (TPSA) is 88.2 Å². The van der Waals surface area contributed by atoms with E-state index in [4.69, 9.17) is 25.2 Å². The van der Waals surface area contributed by atoms with Crippen molar-refractivity contribution >= 4 is 23.4 Å². The maximum atomic E-state index is 14.0. The molecule has 1 aliphatic heterocycles. The molecule has 3 heterocycles. The monoisotopic (exact) mass is 527 g/mol. The third kappa shape index (κ3) is 7.03. The third-order valence-corrected chi connectivity index (χ3v) is 6.37. The summed E-state index contributed by atoms with van der Waals surface area (Å²) in [5.74, 6) is 1.03. The number of rotatable bonds is 8. The van der Waals surface area contributed by atoms with Crippen LogP contribution in [0.2, 0.25) is 5.02 Å². The molecule has 9 heteroatoms. The van der Waals surface area contributed by atoms with Gasteiger partial charge in [-0.1, -0.05) is 29.8 Å². The van der Waals surface area contributed by atoms with Crippen molar-refractivity contribution in [1.82, 2.24) is 15.1 Å². The summed E-state index contributed by atoms with van der Waals surface area (Å²) in [5.41, 5.74) is 0.181. The van der Waals surface area contributed by atoms with Gasteiger partial charge in [0.1, 0.15) is 17.3 Å². The predicted octanol–water partition coefficient (Wildman–Crippen LogP) is 4.97. The smallest absolute Gasteiger partial charge is 0.290 e. The summed E-state index contributed by atoms with van der Waals surface area (Å²) in [6.07, 6.45) is 0. The molecular formula is C28H34ClN3O5. The average molecular weight is 528 g/mol. The molecule has 37 heavy (non-hydrogen) atoms. The van der Waals surface area contributed by atoms with Crippen molar-refractivity contribution in [3.05, 3.63) is 82.2 Å². The molecule has 2 aromatic heterocycles. The number of hydrogen-bond acceptors (Lipinski definition) is 6. The minimum absolute atomic E-state index is 0.0833. The maximum Gasteiger partial charge on any atom is 0.290 e. The minimum Gasteiger partial charge on any atom is -0.464 e. The molecule has 8 nitrogen and oxygen atoms in total. The lowest BCUT2D eigenvalue weighted by Gasteiger charge is -2.32. The summed E-state index contributed by atoms with van der Waals surface area (Å²) in [5, 5.41) is 3.50. The zero-order chi connectivity index (χ0) is 26.6. The molecule has 0 bridgehead atoms. The van der Waals surface area contributed by atoms with Gasteiger partial charge in [0.2, 0.25) is 0 Å². The van der Waals surface area contributed by atoms with Gasteiger partial charge in [-0.25, -0.2) is 0 Å². The van der Waals surface area contributed by atoms with Gasteiger partial charge in [0.25, 0.3) is 11.8 Å². The number of carbonyl (C=O) groups excluding carboxylic acids is 2. The van der Waals surface area contributed by atoms with Crippen LogP contribution in [-0.4, -0.2) is 53.5 Å². The number of hydrogen-bond donors (Lipinski definition) is 1. The van der Waals surface area contributed by atoms with Crippen LogP contribution in [0.25, 0.3) is 0 Å². The summed E-state index contributed by atoms with van der Waals surface area (Å²) in [7, 11) is 0. The number of carbonyl (C=O) groups is 2. The van der Waals surface area contributed by atoms with Gasteiger partial charge in [-0.05, 0) is 63.6 Å². The van der Waals surface area contributed by atoms with Crippen LogP contribution in [0, 0.1) is 6.92 Å². The van der Waals surface area contributed by atoms with E-state index < -0.39 is 17.5 Å². The Bertz CT molecular complexity index is 1220. The Morgan fingerprint density at radius 1 is 1.05 bits per heavy atom. The molecule has 2 amide bonds. The van der Waals surface area contributed by atoms with E-state index in [-0.39, 0.29) is 18.2 Å². The fourth-order valence-electron chi connectivity index (χ4n) is 4.25. The first kappa shape index (κ1) is 27.0. The number of benzene rings is 1. The second-order valence-corrected chi connectivity index (χ2v) is 10.7. The first-order chi connectivity index (χ1) is 17.6. The number of nitrogens with one attached hydrogen (secondary N) is 1. The van der Waals surface area contributed by atoms with Crippen molar-refractivity contribution < 1.29 is 23.2 Å². The van der Waals surface area contributed by atoms with Crippen LogP contribution in [0.5, 0.6) is 0 Å². The molecule has 1 aliphatic rings. The molecule has 0 radical (unpaired) electrons. The largest absolute Gasteiger partial charge is 0.464 e. The van der Waals surface area contributed by atoms with E-state index in [1.54, 1.807) is 37.3 Å². The number of amides is 2. The van der Waals surface area contributed by atoms with E-state index in [1.807, 2.05) is 39.0 Å². The Labute approximate surface area is 222 Å². The van der Waals surface area contributed by atoms with E-state index in [2.05, 4.69) is 10.2 Å². The predicted molar refractivity (Wildman–Crippen MR) is 140 cm³/mol. The molecule has 198 valence electrons. The van der Waals surface area contributed by atoms with Crippen molar-refractivity contribution in [3.8, 4) is 0 Å². The maximum absolute atomic E-state index is 14.0. The summed E-state index contributed by atoms with van der Waals surface area (Å²) < 4.78 is 17.3. The fourth-order valence-corrected chi connectivity index (χ4v) is 4.45. The van der Waals surface area contributed by atoms with Crippen LogP contribution >= 0.6 is 11.6 Å². The lowest BCUT2D eigenvalue weighted by Crippen LogP contribution is -2.49. The van der Waals surface area contributed by atoms with E-state index in [9.17, 15) is 9.59 Å². The second-order valence-electron chi connectivity index (χ2n) is 10.3. The van der Waals surface area contributed by atoms with Crippen LogP contribution in [-0.2, 0) is 22.6 Å². The summed E-state index contributed by atoms with van der Waals surface area (Å²) in [6, 6.07) is 13.2. The highest BCUT2D eigenvalue weighted by Gasteiger charge is 2.37. The van der Waals surface area contributed by atoms with Gasteiger partial charge < -0.3 is 23.8 Å². The Morgan fingerprint density at radius 2 is 1.78 bits per heavy atom. The van der Waals surface area contributed by atoms with E-state index in [0.29, 0.717) is 47.6 Å². The number of nitrogens with zero attached hydrogens (tertiary/aromatic N) is 2. The Morgan fingerprint density at radius 3 is 2.43 bits per heavy atom. The minimum atomic E-state index is -1.04. The van der Waals surface area contributed by atoms with Crippen molar-refractivity contribution in [2.75, 3.05) is 26.3 Å². The summed E-state index contributed by atoms with van der Waals surface area (Å²) in [4.78, 5) is 31.3. The molecule has 4 rings (SSSR count). The molecular weight excluding hydrogens is 494 g/mol. The molecule has 0 aliphatic carbocycles. The number of aryl methyl sites for hydroxylation is 1. The summed E-state index contributed by atoms with van der Waals surface area (Å²) >= 11 is 6.47. The van der Waals surface area contributed by atoms with Crippen LogP contribution in [0.1, 0.15) is 60.2 Å². The Kier molecular flexibility index (Phi) is 8.42. The molecule has 1 saturated heterocycles. The fraction of sp³-hybridized carbons (Fsp3) is 0.429. The number of halogens is 1. The Hall–Kier alpha value is -3.07. The van der Waals surface area contributed by atoms with Crippen LogP contribution in [0.4, 0.5) is 0 Å². The number of furan rings is 2. The first-order valence-electron chi connectivity index (χ1n) is 12.4. The standard InChI is InChI=1S/C28H34ClN3O5/c1-19-9-11-23(36-19)25(26(33)30-28(2,3)4)32(17-20-7-5-6-8-22(20)29)27(34)24-12-10-21(37-24)18-31-13-15-35-16-14-31/h5-12,25H,13-18H2,1-4H3,(H,30,33)/t25-/m1/s1. The SMILES string of the molecule is Cc1ccc([C@H](C(=O)NC(C)(C)C)N(Cc2ccccc2Cl)C(=O)c2ccc(CN3CCOCC3)o2)o1. The molecule has 1 N–H and O–H groups in total. The van der Waals surface area contributed by atoms with Gasteiger partial charge in [0, 0.05) is 30.2 Å². The van der Waals surface area contributed by atoms with E-state index in [0.717, 1.165) is 13.1 Å².